The van der Waals surface area contributed by atoms with Crippen LogP contribution in [-0.4, -0.2) is 44.3 Å². The second kappa shape index (κ2) is 13.5. The number of rotatable bonds is 11. The minimum Gasteiger partial charge on any atom is -0.355 e. The number of carbonyl (C=O) groups excluding carboxylic acids is 2. The molecule has 0 radical (unpaired) electrons. The fourth-order valence-electron chi connectivity index (χ4n) is 4.18. The van der Waals surface area contributed by atoms with E-state index in [0.29, 0.717) is 44.8 Å². The topological polar surface area (TPSA) is 86.8 Å². The average molecular weight is 611 g/mol. The maximum absolute atomic E-state index is 14.0. The molecule has 7 nitrogen and oxygen atoms in total. The SMILES string of the molecule is CCNC(=O)[C@H](CC)N(Cc1ccc(Cl)cc1Cl)C(=O)CN(c1ccc(Cl)cc1C)S(=O)(=O)c1ccccc1. The predicted molar refractivity (Wildman–Crippen MR) is 157 cm³/mol. The summed E-state index contributed by atoms with van der Waals surface area (Å²) < 4.78 is 28.8. The number of anilines is 1. The van der Waals surface area contributed by atoms with E-state index in [2.05, 4.69) is 5.32 Å². The van der Waals surface area contributed by atoms with Gasteiger partial charge in [0.1, 0.15) is 12.6 Å². The van der Waals surface area contributed by atoms with Crippen LogP contribution in [0, 0.1) is 6.92 Å². The first kappa shape index (κ1) is 30.8. The number of sulfonamides is 1. The van der Waals surface area contributed by atoms with Crippen LogP contribution >= 0.6 is 34.8 Å². The zero-order chi connectivity index (χ0) is 28.7. The molecule has 0 saturated carbocycles. The molecule has 0 fully saturated rings. The van der Waals surface area contributed by atoms with Gasteiger partial charge in [-0.15, -0.1) is 0 Å². The smallest absolute Gasteiger partial charge is 0.264 e. The Balaban J connectivity index is 2.10. The average Bonchev–Trinajstić information content (AvgIpc) is 2.89. The number of carbonyl (C=O) groups is 2. The van der Waals surface area contributed by atoms with E-state index >= 15 is 0 Å². The van der Waals surface area contributed by atoms with Gasteiger partial charge in [0.25, 0.3) is 10.0 Å². The van der Waals surface area contributed by atoms with Crippen LogP contribution in [0.3, 0.4) is 0 Å². The van der Waals surface area contributed by atoms with Crippen LogP contribution in [-0.2, 0) is 26.2 Å². The Kier molecular flexibility index (Phi) is 10.7. The predicted octanol–water partition coefficient (Wildman–Crippen LogP) is 6.09. The van der Waals surface area contributed by atoms with Crippen LogP contribution in [0.5, 0.6) is 0 Å². The van der Waals surface area contributed by atoms with Gasteiger partial charge in [-0.25, -0.2) is 8.42 Å². The van der Waals surface area contributed by atoms with Gasteiger partial charge in [0.05, 0.1) is 10.6 Å². The number of nitrogens with one attached hydrogen (secondary N) is 1. The van der Waals surface area contributed by atoms with Crippen molar-refractivity contribution in [2.24, 2.45) is 0 Å². The van der Waals surface area contributed by atoms with Gasteiger partial charge in [-0.3, -0.25) is 13.9 Å². The van der Waals surface area contributed by atoms with Crippen LogP contribution in [0.4, 0.5) is 5.69 Å². The second-order valence-corrected chi connectivity index (χ2v) is 12.0. The first-order chi connectivity index (χ1) is 18.5. The first-order valence-electron chi connectivity index (χ1n) is 12.3. The molecule has 2 amide bonds. The highest BCUT2D eigenvalue weighted by Crippen LogP contribution is 2.30. The van der Waals surface area contributed by atoms with E-state index in [9.17, 15) is 18.0 Å². The number of likely N-dealkylation sites (N-methyl/N-ethyl adjacent to an activating group) is 1. The van der Waals surface area contributed by atoms with Crippen molar-refractivity contribution in [2.75, 3.05) is 17.4 Å². The van der Waals surface area contributed by atoms with E-state index < -0.39 is 28.5 Å². The monoisotopic (exact) mass is 609 g/mol. The van der Waals surface area contributed by atoms with Crippen molar-refractivity contribution >= 4 is 62.3 Å². The number of nitrogens with zero attached hydrogens (tertiary/aromatic N) is 2. The summed E-state index contributed by atoms with van der Waals surface area (Å²) in [6.07, 6.45) is 0.300. The Morgan fingerprint density at radius 2 is 1.56 bits per heavy atom. The fraction of sp³-hybridized carbons (Fsp3) is 0.286. The number of hydrogen-bond donors (Lipinski definition) is 1. The Bertz CT molecular complexity index is 1440. The molecule has 1 atom stereocenters. The summed E-state index contributed by atoms with van der Waals surface area (Å²) in [6.45, 7) is 5.07. The van der Waals surface area contributed by atoms with Crippen molar-refractivity contribution in [3.05, 3.63) is 92.9 Å². The molecule has 208 valence electrons. The molecule has 1 N–H and O–H groups in total. The Hall–Kier alpha value is -2.78. The van der Waals surface area contributed by atoms with Crippen molar-refractivity contribution in [3.8, 4) is 0 Å². The van der Waals surface area contributed by atoms with Crippen molar-refractivity contribution in [3.63, 3.8) is 0 Å². The Morgan fingerprint density at radius 1 is 0.923 bits per heavy atom. The Morgan fingerprint density at radius 3 is 2.15 bits per heavy atom. The molecule has 0 spiro atoms. The molecule has 0 saturated heterocycles. The van der Waals surface area contributed by atoms with Gasteiger partial charge in [0.15, 0.2) is 0 Å². The zero-order valence-corrected chi connectivity index (χ0v) is 24.9. The maximum atomic E-state index is 14.0. The molecule has 3 aromatic carbocycles. The van der Waals surface area contributed by atoms with Crippen molar-refractivity contribution in [2.45, 2.75) is 44.7 Å². The number of amides is 2. The molecule has 11 heteroatoms. The summed E-state index contributed by atoms with van der Waals surface area (Å²) in [5, 5.41) is 3.95. The summed E-state index contributed by atoms with van der Waals surface area (Å²) in [7, 11) is -4.17. The molecule has 0 bridgehead atoms. The molecule has 0 aromatic heterocycles. The van der Waals surface area contributed by atoms with E-state index in [0.717, 1.165) is 4.31 Å². The lowest BCUT2D eigenvalue weighted by molar-refractivity contribution is -0.140. The molecule has 3 aromatic rings. The second-order valence-electron chi connectivity index (χ2n) is 8.83. The first-order valence-corrected chi connectivity index (χ1v) is 14.9. The van der Waals surface area contributed by atoms with Crippen LogP contribution in [0.1, 0.15) is 31.4 Å². The molecule has 0 heterocycles. The molecular weight excluding hydrogens is 581 g/mol. The van der Waals surface area contributed by atoms with Gasteiger partial charge in [-0.05, 0) is 73.9 Å². The van der Waals surface area contributed by atoms with Gasteiger partial charge in [0.2, 0.25) is 11.8 Å². The third kappa shape index (κ3) is 7.45. The maximum Gasteiger partial charge on any atom is 0.264 e. The quantitative estimate of drug-likeness (QED) is 0.285. The number of hydrogen-bond acceptors (Lipinski definition) is 4. The summed E-state index contributed by atoms with van der Waals surface area (Å²) in [6, 6.07) is 16.6. The molecule has 0 aliphatic carbocycles. The largest absolute Gasteiger partial charge is 0.355 e. The zero-order valence-electron chi connectivity index (χ0n) is 21.8. The summed E-state index contributed by atoms with van der Waals surface area (Å²) in [5.41, 5.74) is 1.43. The summed E-state index contributed by atoms with van der Waals surface area (Å²) >= 11 is 18.6. The van der Waals surface area contributed by atoms with Crippen molar-refractivity contribution < 1.29 is 18.0 Å². The van der Waals surface area contributed by atoms with E-state index in [4.69, 9.17) is 34.8 Å². The van der Waals surface area contributed by atoms with Crippen LogP contribution < -0.4 is 9.62 Å². The molecule has 0 aliphatic heterocycles. The third-order valence-electron chi connectivity index (χ3n) is 6.13. The minimum absolute atomic E-state index is 0.0233. The van der Waals surface area contributed by atoms with E-state index in [1.165, 1.54) is 17.0 Å². The van der Waals surface area contributed by atoms with Crippen molar-refractivity contribution in [1.82, 2.24) is 10.2 Å². The normalized spacial score (nSPS) is 12.1. The summed E-state index contributed by atoms with van der Waals surface area (Å²) in [4.78, 5) is 28.4. The van der Waals surface area contributed by atoms with Gasteiger partial charge >= 0.3 is 0 Å². The molecule has 0 unspecified atom stereocenters. The highest BCUT2D eigenvalue weighted by atomic mass is 35.5. The van der Waals surface area contributed by atoms with Crippen molar-refractivity contribution in [1.29, 1.82) is 0 Å². The highest BCUT2D eigenvalue weighted by molar-refractivity contribution is 7.92. The van der Waals surface area contributed by atoms with E-state index in [1.54, 1.807) is 75.4 Å². The minimum atomic E-state index is -4.17. The van der Waals surface area contributed by atoms with Crippen LogP contribution in [0.2, 0.25) is 15.1 Å². The van der Waals surface area contributed by atoms with Gasteiger partial charge in [0, 0.05) is 28.2 Å². The third-order valence-corrected chi connectivity index (χ3v) is 8.73. The molecule has 39 heavy (non-hydrogen) atoms. The lowest BCUT2D eigenvalue weighted by Crippen LogP contribution is -2.52. The summed E-state index contributed by atoms with van der Waals surface area (Å²) in [5.74, 6) is -0.924. The van der Waals surface area contributed by atoms with Gasteiger partial charge in [-0.2, -0.15) is 0 Å². The Labute approximate surface area is 244 Å². The molecular formula is C28H30Cl3N3O4S. The molecule has 3 rings (SSSR count). The lowest BCUT2D eigenvalue weighted by Gasteiger charge is -2.33. The fourth-order valence-corrected chi connectivity index (χ4v) is 6.37. The van der Waals surface area contributed by atoms with Crippen LogP contribution in [0.25, 0.3) is 0 Å². The number of halogens is 3. The standard InChI is InChI=1S/C28H30Cl3N3O4S/c1-4-25(28(36)32-5-2)33(17-20-11-12-22(30)16-24(20)31)27(35)18-34(26-14-13-21(29)15-19(26)3)39(37,38)23-9-7-6-8-10-23/h6-16,25H,4-5,17-18H2,1-3H3,(H,32,36)/t25-/m0/s1. The number of benzene rings is 3. The van der Waals surface area contributed by atoms with Gasteiger partial charge < -0.3 is 10.2 Å². The number of aryl methyl sites for hydroxylation is 1. The van der Waals surface area contributed by atoms with Crippen LogP contribution in [0.15, 0.2) is 71.6 Å². The molecule has 0 aliphatic rings. The van der Waals surface area contributed by atoms with E-state index in [-0.39, 0.29) is 17.3 Å². The van der Waals surface area contributed by atoms with Gasteiger partial charge in [-0.1, -0.05) is 66.0 Å². The highest BCUT2D eigenvalue weighted by Gasteiger charge is 2.34. The lowest BCUT2D eigenvalue weighted by atomic mass is 10.1. The van der Waals surface area contributed by atoms with E-state index in [1.807, 2.05) is 0 Å².